The molecular weight excluding hydrogens is 241 g/mol. The average Bonchev–Trinajstić information content (AvgIpc) is 2.41. The average molecular weight is 246 g/mol. The fourth-order valence-electron chi connectivity index (χ4n) is 1.06. The maximum Gasteiger partial charge on any atom is 0.157 e. The molecule has 2 rings (SSSR count). The summed E-state index contributed by atoms with van der Waals surface area (Å²) in [5.41, 5.74) is 0.730. The van der Waals surface area contributed by atoms with Gasteiger partial charge in [0, 0.05) is 29.3 Å². The molecule has 0 aromatic carbocycles. The molecule has 2 aromatic heterocycles. The first-order valence-electron chi connectivity index (χ1n) is 3.32. The number of aryl methyl sites for hydroxylation is 1. The van der Waals surface area contributed by atoms with E-state index in [0.717, 1.165) is 15.4 Å². The Kier molecular flexibility index (Phi) is 1.81. The second-order valence-electron chi connectivity index (χ2n) is 2.46. The second-order valence-corrected chi connectivity index (χ2v) is 3.67. The van der Waals surface area contributed by atoms with E-state index >= 15 is 0 Å². The highest BCUT2D eigenvalue weighted by atomic mass is 79.9. The van der Waals surface area contributed by atoms with Gasteiger partial charge in [0.15, 0.2) is 5.15 Å². The van der Waals surface area contributed by atoms with E-state index in [1.165, 1.54) is 0 Å². The largest absolute Gasteiger partial charge is 0.274 e. The molecule has 0 N–H and O–H groups in total. The van der Waals surface area contributed by atoms with Crippen molar-refractivity contribution >= 4 is 38.4 Å². The van der Waals surface area contributed by atoms with Crippen LogP contribution in [0.3, 0.4) is 0 Å². The summed E-state index contributed by atoms with van der Waals surface area (Å²) in [7, 11) is 1.85. The maximum absolute atomic E-state index is 5.83. The van der Waals surface area contributed by atoms with Crippen LogP contribution in [0, 0.1) is 0 Å². The molecule has 0 bridgehead atoms. The standard InChI is InChI=1S/C7H5BrClN3/c1-12-3-4-5(8)2-10-7(9)6(4)11-12/h2-3H,1H3. The molecule has 2 heterocycles. The number of pyridine rings is 1. The van der Waals surface area contributed by atoms with E-state index in [9.17, 15) is 0 Å². The Morgan fingerprint density at radius 2 is 2.33 bits per heavy atom. The summed E-state index contributed by atoms with van der Waals surface area (Å²) in [5.74, 6) is 0. The van der Waals surface area contributed by atoms with E-state index in [4.69, 9.17) is 11.6 Å². The number of fused-ring (bicyclic) bond motifs is 1. The fourth-order valence-corrected chi connectivity index (χ4v) is 1.64. The van der Waals surface area contributed by atoms with Gasteiger partial charge in [-0.15, -0.1) is 0 Å². The minimum atomic E-state index is 0.439. The molecule has 0 atom stereocenters. The van der Waals surface area contributed by atoms with Crippen molar-refractivity contribution in [1.82, 2.24) is 14.8 Å². The molecule has 0 spiro atoms. The highest BCUT2D eigenvalue weighted by Crippen LogP contribution is 2.26. The van der Waals surface area contributed by atoms with Crippen LogP contribution >= 0.6 is 27.5 Å². The van der Waals surface area contributed by atoms with E-state index < -0.39 is 0 Å². The molecule has 5 heteroatoms. The van der Waals surface area contributed by atoms with Crippen molar-refractivity contribution in [2.45, 2.75) is 0 Å². The molecule has 0 radical (unpaired) electrons. The van der Waals surface area contributed by atoms with Crippen molar-refractivity contribution in [3.05, 3.63) is 22.0 Å². The smallest absolute Gasteiger partial charge is 0.157 e. The second kappa shape index (κ2) is 2.71. The predicted octanol–water partition coefficient (Wildman–Crippen LogP) is 2.38. The van der Waals surface area contributed by atoms with Crippen molar-refractivity contribution in [2.75, 3.05) is 0 Å². The van der Waals surface area contributed by atoms with Crippen LogP contribution in [0.25, 0.3) is 10.9 Å². The quantitative estimate of drug-likeness (QED) is 0.668. The van der Waals surface area contributed by atoms with Crippen LogP contribution in [0.1, 0.15) is 0 Å². The zero-order valence-corrected chi connectivity index (χ0v) is 8.59. The van der Waals surface area contributed by atoms with Gasteiger partial charge in [-0.2, -0.15) is 5.10 Å². The lowest BCUT2D eigenvalue weighted by molar-refractivity contribution is 0.779. The van der Waals surface area contributed by atoms with E-state index in [0.29, 0.717) is 5.15 Å². The summed E-state index contributed by atoms with van der Waals surface area (Å²) in [6.07, 6.45) is 3.57. The highest BCUT2D eigenvalue weighted by molar-refractivity contribution is 9.10. The third-order valence-corrected chi connectivity index (χ3v) is 2.48. The third-order valence-electron chi connectivity index (χ3n) is 1.57. The minimum absolute atomic E-state index is 0.439. The lowest BCUT2D eigenvalue weighted by Crippen LogP contribution is -1.85. The van der Waals surface area contributed by atoms with Crippen LogP contribution in [0.5, 0.6) is 0 Å². The van der Waals surface area contributed by atoms with Crippen molar-refractivity contribution in [3.63, 3.8) is 0 Å². The van der Waals surface area contributed by atoms with Gasteiger partial charge < -0.3 is 0 Å². The van der Waals surface area contributed by atoms with Gasteiger partial charge >= 0.3 is 0 Å². The third kappa shape index (κ3) is 1.11. The van der Waals surface area contributed by atoms with Crippen molar-refractivity contribution in [3.8, 4) is 0 Å². The van der Waals surface area contributed by atoms with Crippen LogP contribution < -0.4 is 0 Å². The molecule has 0 amide bonds. The Morgan fingerprint density at radius 3 is 3.00 bits per heavy atom. The van der Waals surface area contributed by atoms with E-state index in [-0.39, 0.29) is 0 Å². The number of nitrogens with zero attached hydrogens (tertiary/aromatic N) is 3. The molecular formula is C7H5BrClN3. The monoisotopic (exact) mass is 245 g/mol. The van der Waals surface area contributed by atoms with Crippen molar-refractivity contribution < 1.29 is 0 Å². The molecule has 3 nitrogen and oxygen atoms in total. The molecule has 0 aliphatic carbocycles. The molecule has 12 heavy (non-hydrogen) atoms. The zero-order valence-electron chi connectivity index (χ0n) is 6.25. The molecule has 0 saturated carbocycles. The summed E-state index contributed by atoms with van der Waals surface area (Å²) >= 11 is 9.20. The Labute approximate surface area is 82.5 Å². The Bertz CT molecular complexity index is 398. The summed E-state index contributed by atoms with van der Waals surface area (Å²) < 4.78 is 2.62. The summed E-state index contributed by atoms with van der Waals surface area (Å²) in [6, 6.07) is 0. The fraction of sp³-hybridized carbons (Fsp3) is 0.143. The number of halogens is 2. The van der Waals surface area contributed by atoms with E-state index in [1.54, 1.807) is 10.9 Å². The molecule has 0 aliphatic heterocycles. The highest BCUT2D eigenvalue weighted by Gasteiger charge is 2.07. The molecule has 0 saturated heterocycles. The van der Waals surface area contributed by atoms with Crippen molar-refractivity contribution in [1.29, 1.82) is 0 Å². The van der Waals surface area contributed by atoms with E-state index in [2.05, 4.69) is 26.0 Å². The van der Waals surface area contributed by atoms with Crippen LogP contribution in [-0.2, 0) is 7.05 Å². The van der Waals surface area contributed by atoms with Gasteiger partial charge in [0.1, 0.15) is 5.52 Å². The predicted molar refractivity (Wildman–Crippen MR) is 51.2 cm³/mol. The minimum Gasteiger partial charge on any atom is -0.274 e. The number of aromatic nitrogens is 3. The van der Waals surface area contributed by atoms with Gasteiger partial charge in [-0.05, 0) is 15.9 Å². The van der Waals surface area contributed by atoms with Gasteiger partial charge in [-0.25, -0.2) is 4.98 Å². The van der Waals surface area contributed by atoms with Crippen molar-refractivity contribution in [2.24, 2.45) is 7.05 Å². The Hall–Kier alpha value is -0.610. The summed E-state index contributed by atoms with van der Waals surface area (Å²) in [4.78, 5) is 3.96. The maximum atomic E-state index is 5.83. The summed E-state index contributed by atoms with van der Waals surface area (Å²) in [6.45, 7) is 0. The number of rotatable bonds is 0. The summed E-state index contributed by atoms with van der Waals surface area (Å²) in [5, 5.41) is 5.59. The normalized spacial score (nSPS) is 10.9. The molecule has 0 unspecified atom stereocenters. The van der Waals surface area contributed by atoms with Gasteiger partial charge in [-0.1, -0.05) is 11.6 Å². The van der Waals surface area contributed by atoms with E-state index in [1.807, 2.05) is 13.2 Å². The van der Waals surface area contributed by atoms with Gasteiger partial charge in [0.2, 0.25) is 0 Å². The molecule has 62 valence electrons. The van der Waals surface area contributed by atoms with Crippen LogP contribution in [0.15, 0.2) is 16.9 Å². The first kappa shape index (κ1) is 8.01. The van der Waals surface area contributed by atoms with Crippen LogP contribution in [0.2, 0.25) is 5.15 Å². The number of hydrogen-bond acceptors (Lipinski definition) is 2. The number of hydrogen-bond donors (Lipinski definition) is 0. The van der Waals surface area contributed by atoms with Gasteiger partial charge in [0.05, 0.1) is 0 Å². The molecule has 0 fully saturated rings. The topological polar surface area (TPSA) is 30.7 Å². The first-order chi connectivity index (χ1) is 5.68. The lowest BCUT2D eigenvalue weighted by atomic mass is 10.3. The molecule has 2 aromatic rings. The first-order valence-corrected chi connectivity index (χ1v) is 4.49. The molecule has 0 aliphatic rings. The Balaban J connectivity index is 2.93. The van der Waals surface area contributed by atoms with Gasteiger partial charge in [0.25, 0.3) is 0 Å². The van der Waals surface area contributed by atoms with Crippen LogP contribution in [-0.4, -0.2) is 14.8 Å². The lowest BCUT2D eigenvalue weighted by Gasteiger charge is -1.92. The van der Waals surface area contributed by atoms with Gasteiger partial charge in [-0.3, -0.25) is 4.68 Å². The zero-order chi connectivity index (χ0) is 8.72. The SMILES string of the molecule is Cn1cc2c(Br)cnc(Cl)c2n1. The Morgan fingerprint density at radius 1 is 1.58 bits per heavy atom. The van der Waals surface area contributed by atoms with Crippen LogP contribution in [0.4, 0.5) is 0 Å².